The smallest absolute Gasteiger partial charge is 0.262 e. The van der Waals surface area contributed by atoms with Crippen molar-refractivity contribution in [3.05, 3.63) is 76.6 Å². The van der Waals surface area contributed by atoms with Crippen LogP contribution in [0.1, 0.15) is 27.8 Å². The van der Waals surface area contributed by atoms with E-state index >= 15 is 0 Å². The van der Waals surface area contributed by atoms with Gasteiger partial charge in [-0.15, -0.1) is 0 Å². The second-order valence-corrected chi connectivity index (χ2v) is 7.09. The fraction of sp³-hybridized carbons (Fsp3) is 0.182. The maximum absolute atomic E-state index is 13.2. The van der Waals surface area contributed by atoms with Crippen molar-refractivity contribution in [3.8, 4) is 11.5 Å². The van der Waals surface area contributed by atoms with Crippen LogP contribution in [0.25, 0.3) is 0 Å². The molecule has 0 radical (unpaired) electrons. The van der Waals surface area contributed by atoms with Gasteiger partial charge >= 0.3 is 0 Å². The molecule has 1 unspecified atom stereocenters. The number of anilines is 2. The molecule has 0 saturated carbocycles. The number of fused-ring (bicyclic) bond motifs is 1. The third-order valence-corrected chi connectivity index (χ3v) is 5.18. The van der Waals surface area contributed by atoms with E-state index in [1.807, 2.05) is 31.2 Å². The molecule has 1 aliphatic rings. The number of halogens is 1. The zero-order chi connectivity index (χ0) is 20.5. The van der Waals surface area contributed by atoms with Gasteiger partial charge in [0.1, 0.15) is 11.5 Å². The predicted octanol–water partition coefficient (Wildman–Crippen LogP) is 4.83. The molecule has 0 aliphatic carbocycles. The molecule has 2 heterocycles. The number of amides is 1. The van der Waals surface area contributed by atoms with E-state index in [2.05, 4.69) is 10.3 Å². The SMILES string of the molecule is COc1cc(OC)c(NC2c3ncccc3C(=O)N2c2ccc(C)cc2)cc1Cl. The Bertz CT molecular complexity index is 1070. The number of benzene rings is 2. The highest BCUT2D eigenvalue weighted by Gasteiger charge is 2.39. The van der Waals surface area contributed by atoms with Gasteiger partial charge in [0.15, 0.2) is 6.17 Å². The summed E-state index contributed by atoms with van der Waals surface area (Å²) in [6.45, 7) is 2.01. The normalized spacial score (nSPS) is 15.2. The minimum atomic E-state index is -0.514. The Labute approximate surface area is 174 Å². The molecule has 1 atom stereocenters. The first-order valence-corrected chi connectivity index (χ1v) is 9.44. The Balaban J connectivity index is 1.80. The summed E-state index contributed by atoms with van der Waals surface area (Å²) in [5, 5.41) is 3.81. The van der Waals surface area contributed by atoms with Crippen molar-refractivity contribution in [1.29, 1.82) is 0 Å². The van der Waals surface area contributed by atoms with Gasteiger partial charge < -0.3 is 14.8 Å². The highest BCUT2D eigenvalue weighted by atomic mass is 35.5. The molecule has 0 saturated heterocycles. The summed E-state index contributed by atoms with van der Waals surface area (Å²) in [5.41, 5.74) is 3.72. The van der Waals surface area contributed by atoms with Crippen molar-refractivity contribution in [2.75, 3.05) is 24.4 Å². The molecular weight excluding hydrogens is 390 g/mol. The minimum absolute atomic E-state index is 0.118. The first kappa shape index (κ1) is 19.1. The molecule has 148 valence electrons. The number of nitrogens with one attached hydrogen (secondary N) is 1. The summed E-state index contributed by atoms with van der Waals surface area (Å²) in [6, 6.07) is 14.8. The summed E-state index contributed by atoms with van der Waals surface area (Å²) in [5.74, 6) is 0.936. The van der Waals surface area contributed by atoms with E-state index in [0.717, 1.165) is 11.3 Å². The highest BCUT2D eigenvalue weighted by Crippen LogP contribution is 2.41. The fourth-order valence-corrected chi connectivity index (χ4v) is 3.65. The number of ether oxygens (including phenoxy) is 2. The summed E-state index contributed by atoms with van der Waals surface area (Å²) in [6.07, 6.45) is 1.16. The van der Waals surface area contributed by atoms with Crippen molar-refractivity contribution in [1.82, 2.24) is 4.98 Å². The standard InChI is InChI=1S/C22H20ClN3O3/c1-13-6-8-14(9-7-13)26-21(20-15(22(26)27)5-4-10-24-20)25-17-11-16(23)18(28-2)12-19(17)29-3/h4-12,21,25H,1-3H3. The van der Waals surface area contributed by atoms with Crippen LogP contribution in [0.5, 0.6) is 11.5 Å². The molecule has 3 aromatic rings. The highest BCUT2D eigenvalue weighted by molar-refractivity contribution is 6.32. The van der Waals surface area contributed by atoms with Crippen LogP contribution >= 0.6 is 11.6 Å². The average Bonchev–Trinajstić information content (AvgIpc) is 3.01. The zero-order valence-corrected chi connectivity index (χ0v) is 17.0. The molecular formula is C22H20ClN3O3. The maximum Gasteiger partial charge on any atom is 0.262 e. The molecule has 2 aromatic carbocycles. The lowest BCUT2D eigenvalue weighted by atomic mass is 10.2. The lowest BCUT2D eigenvalue weighted by Gasteiger charge is -2.27. The third kappa shape index (κ3) is 3.36. The summed E-state index contributed by atoms with van der Waals surface area (Å²) >= 11 is 6.33. The average molecular weight is 410 g/mol. The van der Waals surface area contributed by atoms with E-state index in [1.54, 1.807) is 49.6 Å². The summed E-state index contributed by atoms with van der Waals surface area (Å²) in [4.78, 5) is 19.3. The second kappa shape index (κ2) is 7.64. The number of carbonyl (C=O) groups excluding carboxylic acids is 1. The molecule has 7 heteroatoms. The molecule has 1 aromatic heterocycles. The quantitative estimate of drug-likeness (QED) is 0.653. The van der Waals surface area contributed by atoms with Crippen molar-refractivity contribution in [2.45, 2.75) is 13.1 Å². The maximum atomic E-state index is 13.2. The molecule has 1 amide bonds. The van der Waals surface area contributed by atoms with Crippen LogP contribution in [-0.2, 0) is 0 Å². The molecule has 0 bridgehead atoms. The number of hydrogen-bond donors (Lipinski definition) is 1. The number of pyridine rings is 1. The Morgan fingerprint density at radius 3 is 2.48 bits per heavy atom. The Morgan fingerprint density at radius 2 is 1.79 bits per heavy atom. The Kier molecular flexibility index (Phi) is 5.03. The van der Waals surface area contributed by atoms with Crippen molar-refractivity contribution in [3.63, 3.8) is 0 Å². The van der Waals surface area contributed by atoms with Crippen LogP contribution < -0.4 is 19.7 Å². The van der Waals surface area contributed by atoms with Crippen LogP contribution in [-0.4, -0.2) is 25.1 Å². The first-order valence-electron chi connectivity index (χ1n) is 9.06. The van der Waals surface area contributed by atoms with Gasteiger partial charge in [0.25, 0.3) is 5.91 Å². The zero-order valence-electron chi connectivity index (χ0n) is 16.3. The van der Waals surface area contributed by atoms with Crippen LogP contribution in [0.3, 0.4) is 0 Å². The number of rotatable bonds is 5. The van der Waals surface area contributed by atoms with E-state index in [1.165, 1.54) is 0 Å². The topological polar surface area (TPSA) is 63.7 Å². The summed E-state index contributed by atoms with van der Waals surface area (Å²) < 4.78 is 10.8. The number of hydrogen-bond acceptors (Lipinski definition) is 5. The van der Waals surface area contributed by atoms with E-state index in [9.17, 15) is 4.79 Å². The van der Waals surface area contributed by atoms with Crippen LogP contribution in [0.4, 0.5) is 11.4 Å². The van der Waals surface area contributed by atoms with Gasteiger partial charge in [-0.3, -0.25) is 14.7 Å². The van der Waals surface area contributed by atoms with E-state index < -0.39 is 6.17 Å². The van der Waals surface area contributed by atoms with Crippen LogP contribution in [0.15, 0.2) is 54.7 Å². The van der Waals surface area contributed by atoms with Crippen LogP contribution in [0.2, 0.25) is 5.02 Å². The first-order chi connectivity index (χ1) is 14.0. The lowest BCUT2D eigenvalue weighted by Crippen LogP contribution is -2.32. The Morgan fingerprint density at radius 1 is 1.07 bits per heavy atom. The largest absolute Gasteiger partial charge is 0.495 e. The molecule has 29 heavy (non-hydrogen) atoms. The van der Waals surface area contributed by atoms with Gasteiger partial charge in [-0.05, 0) is 37.3 Å². The van der Waals surface area contributed by atoms with Gasteiger partial charge in [0, 0.05) is 18.0 Å². The number of aromatic nitrogens is 1. The Hall–Kier alpha value is -3.25. The molecule has 0 fully saturated rings. The van der Waals surface area contributed by atoms with E-state index in [0.29, 0.717) is 33.5 Å². The molecule has 6 nitrogen and oxygen atoms in total. The molecule has 0 spiro atoms. The number of nitrogens with zero attached hydrogens (tertiary/aromatic N) is 2. The lowest BCUT2D eigenvalue weighted by molar-refractivity contribution is 0.0993. The monoisotopic (exact) mass is 409 g/mol. The number of aryl methyl sites for hydroxylation is 1. The molecule has 1 aliphatic heterocycles. The van der Waals surface area contributed by atoms with Crippen molar-refractivity contribution < 1.29 is 14.3 Å². The molecule has 4 rings (SSSR count). The van der Waals surface area contributed by atoms with Crippen molar-refractivity contribution in [2.24, 2.45) is 0 Å². The van der Waals surface area contributed by atoms with Gasteiger partial charge in [-0.2, -0.15) is 0 Å². The van der Waals surface area contributed by atoms with Crippen molar-refractivity contribution >= 4 is 28.9 Å². The second-order valence-electron chi connectivity index (χ2n) is 6.68. The predicted molar refractivity (Wildman–Crippen MR) is 113 cm³/mol. The fourth-order valence-electron chi connectivity index (χ4n) is 3.41. The van der Waals surface area contributed by atoms with Gasteiger partial charge in [-0.25, -0.2) is 0 Å². The third-order valence-electron chi connectivity index (χ3n) is 4.88. The van der Waals surface area contributed by atoms with Gasteiger partial charge in [0.05, 0.1) is 36.2 Å². The van der Waals surface area contributed by atoms with Gasteiger partial charge in [-0.1, -0.05) is 29.3 Å². The number of carbonyl (C=O) groups is 1. The summed E-state index contributed by atoms with van der Waals surface area (Å²) in [7, 11) is 3.11. The van der Waals surface area contributed by atoms with Crippen LogP contribution in [0, 0.1) is 6.92 Å². The number of methoxy groups -OCH3 is 2. The minimum Gasteiger partial charge on any atom is -0.495 e. The molecule has 1 N–H and O–H groups in total. The van der Waals surface area contributed by atoms with E-state index in [-0.39, 0.29) is 5.91 Å². The van der Waals surface area contributed by atoms with Gasteiger partial charge in [0.2, 0.25) is 0 Å². The van der Waals surface area contributed by atoms with E-state index in [4.69, 9.17) is 21.1 Å².